The van der Waals surface area contributed by atoms with Crippen LogP contribution in [0.1, 0.15) is 38.2 Å². The van der Waals surface area contributed by atoms with Crippen molar-refractivity contribution < 1.29 is 9.18 Å². The molecule has 3 nitrogen and oxygen atoms in total. The highest BCUT2D eigenvalue weighted by Crippen LogP contribution is 2.28. The Labute approximate surface area is 175 Å². The Hall–Kier alpha value is -2.69. The Kier molecular flexibility index (Phi) is 6.36. The fraction of sp³-hybridized carbons (Fsp3) is 0.208. The molecule has 0 aromatic heterocycles. The molecule has 0 heterocycles. The van der Waals surface area contributed by atoms with Crippen molar-refractivity contribution in [1.29, 1.82) is 0 Å². The van der Waals surface area contributed by atoms with Crippen molar-refractivity contribution in [3.05, 3.63) is 92.8 Å². The van der Waals surface area contributed by atoms with E-state index < -0.39 is 0 Å². The van der Waals surface area contributed by atoms with Gasteiger partial charge < -0.3 is 11.1 Å². The van der Waals surface area contributed by atoms with Crippen LogP contribution in [0.4, 0.5) is 4.39 Å². The zero-order valence-corrected chi connectivity index (χ0v) is 17.5. The number of amides is 1. The third-order valence-electron chi connectivity index (χ3n) is 4.98. The van der Waals surface area contributed by atoms with Crippen LogP contribution in [0.5, 0.6) is 0 Å². The minimum atomic E-state index is -0.238. The van der Waals surface area contributed by atoms with Crippen LogP contribution in [0.2, 0.25) is 5.02 Å². The molecular weight excluding hydrogens is 387 g/mol. The summed E-state index contributed by atoms with van der Waals surface area (Å²) in [5, 5.41) is 3.64. The van der Waals surface area contributed by atoms with Crippen LogP contribution >= 0.6 is 11.6 Å². The molecule has 0 fully saturated rings. The van der Waals surface area contributed by atoms with E-state index in [0.29, 0.717) is 29.2 Å². The minimum absolute atomic E-state index is 0.189. The maximum atomic E-state index is 13.9. The minimum Gasteiger partial charge on any atom is -0.348 e. The second kappa shape index (κ2) is 8.76. The first-order valence-corrected chi connectivity index (χ1v) is 9.80. The van der Waals surface area contributed by atoms with Crippen LogP contribution in [0.3, 0.4) is 0 Å². The maximum absolute atomic E-state index is 13.9. The molecule has 3 aromatic carbocycles. The summed E-state index contributed by atoms with van der Waals surface area (Å²) in [4.78, 5) is 12.8. The highest BCUT2D eigenvalue weighted by Gasteiger charge is 2.13. The van der Waals surface area contributed by atoms with E-state index in [2.05, 4.69) is 5.32 Å². The monoisotopic (exact) mass is 410 g/mol. The number of aryl methyl sites for hydroxylation is 3. The second-order valence-electron chi connectivity index (χ2n) is 7.31. The van der Waals surface area contributed by atoms with Gasteiger partial charge in [0.2, 0.25) is 0 Å². The number of halogens is 2. The number of nitrogens with one attached hydrogen (secondary N) is 1. The van der Waals surface area contributed by atoms with Crippen LogP contribution < -0.4 is 11.1 Å². The molecule has 0 spiro atoms. The Morgan fingerprint density at radius 2 is 1.72 bits per heavy atom. The van der Waals surface area contributed by atoms with Gasteiger partial charge in [-0.25, -0.2) is 4.39 Å². The molecule has 0 bridgehead atoms. The lowest BCUT2D eigenvalue weighted by atomic mass is 9.94. The molecule has 3 N–H and O–H groups in total. The van der Waals surface area contributed by atoms with E-state index in [1.165, 1.54) is 6.07 Å². The smallest absolute Gasteiger partial charge is 0.251 e. The summed E-state index contributed by atoms with van der Waals surface area (Å²) >= 11 is 6.06. The molecule has 3 aromatic rings. The van der Waals surface area contributed by atoms with E-state index in [1.807, 2.05) is 44.2 Å². The number of carbonyl (C=O) groups is 1. The van der Waals surface area contributed by atoms with Crippen molar-refractivity contribution in [2.75, 3.05) is 0 Å². The summed E-state index contributed by atoms with van der Waals surface area (Å²) in [6.07, 6.45) is 0. The van der Waals surface area contributed by atoms with Crippen LogP contribution in [0.15, 0.2) is 48.5 Å². The highest BCUT2D eigenvalue weighted by molar-refractivity contribution is 6.31. The Morgan fingerprint density at radius 1 is 0.966 bits per heavy atom. The van der Waals surface area contributed by atoms with E-state index in [-0.39, 0.29) is 11.7 Å². The molecule has 0 saturated heterocycles. The van der Waals surface area contributed by atoms with Crippen LogP contribution in [0, 0.1) is 26.6 Å². The van der Waals surface area contributed by atoms with Gasteiger partial charge >= 0.3 is 0 Å². The van der Waals surface area contributed by atoms with Gasteiger partial charge in [-0.3, -0.25) is 4.79 Å². The van der Waals surface area contributed by atoms with E-state index in [4.69, 9.17) is 17.3 Å². The molecule has 0 aliphatic heterocycles. The van der Waals surface area contributed by atoms with Gasteiger partial charge in [0.1, 0.15) is 5.82 Å². The van der Waals surface area contributed by atoms with Crippen molar-refractivity contribution in [3.63, 3.8) is 0 Å². The number of hydrogen-bond acceptors (Lipinski definition) is 2. The predicted octanol–water partition coefficient (Wildman–Crippen LogP) is 5.46. The molecule has 3 rings (SSSR count). The quantitative estimate of drug-likeness (QED) is 0.586. The Balaban J connectivity index is 1.89. The molecule has 0 radical (unpaired) electrons. The van der Waals surface area contributed by atoms with Gasteiger partial charge in [-0.15, -0.1) is 0 Å². The van der Waals surface area contributed by atoms with Crippen molar-refractivity contribution in [1.82, 2.24) is 5.32 Å². The predicted molar refractivity (Wildman–Crippen MR) is 117 cm³/mol. The lowest BCUT2D eigenvalue weighted by Gasteiger charge is -2.13. The Morgan fingerprint density at radius 3 is 2.41 bits per heavy atom. The molecule has 5 heteroatoms. The molecule has 150 valence electrons. The fourth-order valence-corrected chi connectivity index (χ4v) is 3.41. The van der Waals surface area contributed by atoms with Gasteiger partial charge in [-0.1, -0.05) is 23.7 Å². The van der Waals surface area contributed by atoms with Crippen LogP contribution in [-0.4, -0.2) is 5.91 Å². The number of carbonyl (C=O) groups excluding carboxylic acids is 1. The first-order valence-electron chi connectivity index (χ1n) is 9.43. The normalized spacial score (nSPS) is 10.8. The van der Waals surface area contributed by atoms with E-state index in [9.17, 15) is 9.18 Å². The topological polar surface area (TPSA) is 55.1 Å². The largest absolute Gasteiger partial charge is 0.348 e. The fourth-order valence-electron chi connectivity index (χ4n) is 3.29. The summed E-state index contributed by atoms with van der Waals surface area (Å²) < 4.78 is 13.9. The first-order chi connectivity index (χ1) is 13.8. The van der Waals surface area contributed by atoms with E-state index in [0.717, 1.165) is 33.4 Å². The molecule has 0 atom stereocenters. The molecule has 0 aliphatic rings. The summed E-state index contributed by atoms with van der Waals surface area (Å²) in [6.45, 7) is 6.22. The number of nitrogens with two attached hydrogens (primary N) is 1. The van der Waals surface area contributed by atoms with Gasteiger partial charge in [-0.2, -0.15) is 0 Å². The van der Waals surface area contributed by atoms with Gasteiger partial charge in [-0.05, 0) is 96.1 Å². The SMILES string of the molecule is Cc1cc(-c2cc(CN)cc(C(=O)NCc3ccc(Cl)c(C)c3)c2)c(C)cc1F. The van der Waals surface area contributed by atoms with Crippen molar-refractivity contribution in [2.45, 2.75) is 33.9 Å². The first kappa shape index (κ1) is 21.0. The average Bonchev–Trinajstić information content (AvgIpc) is 2.70. The number of benzene rings is 3. The van der Waals surface area contributed by atoms with Gasteiger partial charge in [0.05, 0.1) is 0 Å². The third kappa shape index (κ3) is 4.84. The molecule has 0 saturated carbocycles. The maximum Gasteiger partial charge on any atom is 0.251 e. The number of hydrogen-bond donors (Lipinski definition) is 2. The standard InChI is InChI=1S/C24H24ClFN2O/c1-14-8-23(26)16(3)7-21(14)19-9-18(12-27)10-20(11-19)24(29)28-13-17-4-5-22(25)15(2)6-17/h4-11H,12-13,27H2,1-3H3,(H,28,29). The van der Waals surface area contributed by atoms with Crippen molar-refractivity contribution in [3.8, 4) is 11.1 Å². The molecule has 0 aliphatic carbocycles. The summed E-state index contributed by atoms with van der Waals surface area (Å²) in [7, 11) is 0. The van der Waals surface area contributed by atoms with Crippen LogP contribution in [-0.2, 0) is 13.1 Å². The Bertz CT molecular complexity index is 1080. The number of rotatable bonds is 5. The van der Waals surface area contributed by atoms with Gasteiger partial charge in [0.15, 0.2) is 0 Å². The zero-order valence-electron chi connectivity index (χ0n) is 16.8. The lowest BCUT2D eigenvalue weighted by Crippen LogP contribution is -2.23. The van der Waals surface area contributed by atoms with Gasteiger partial charge in [0, 0.05) is 23.7 Å². The highest BCUT2D eigenvalue weighted by atomic mass is 35.5. The molecule has 0 unspecified atom stereocenters. The summed E-state index contributed by atoms with van der Waals surface area (Å²) in [5.74, 6) is -0.428. The summed E-state index contributed by atoms with van der Waals surface area (Å²) in [6, 6.07) is 14.5. The third-order valence-corrected chi connectivity index (χ3v) is 5.41. The lowest BCUT2D eigenvalue weighted by molar-refractivity contribution is 0.0951. The van der Waals surface area contributed by atoms with Crippen molar-refractivity contribution >= 4 is 17.5 Å². The van der Waals surface area contributed by atoms with Gasteiger partial charge in [0.25, 0.3) is 5.91 Å². The van der Waals surface area contributed by atoms with Crippen LogP contribution in [0.25, 0.3) is 11.1 Å². The molecule has 29 heavy (non-hydrogen) atoms. The second-order valence-corrected chi connectivity index (χ2v) is 7.71. The van der Waals surface area contributed by atoms with Crippen molar-refractivity contribution in [2.24, 2.45) is 5.73 Å². The average molecular weight is 411 g/mol. The van der Waals surface area contributed by atoms with E-state index in [1.54, 1.807) is 19.1 Å². The molecule has 1 amide bonds. The molecular formula is C24H24ClFN2O. The zero-order chi connectivity index (χ0) is 21.1. The summed E-state index contributed by atoms with van der Waals surface area (Å²) in [5.41, 5.74) is 12.3. The van der Waals surface area contributed by atoms with E-state index >= 15 is 0 Å².